The van der Waals surface area contributed by atoms with Gasteiger partial charge >= 0.3 is 0 Å². The Hall–Kier alpha value is -2.26. The summed E-state index contributed by atoms with van der Waals surface area (Å²) in [4.78, 5) is 28.0. The topological polar surface area (TPSA) is 71.4 Å². The average Bonchev–Trinajstić information content (AvgIpc) is 3.41. The van der Waals surface area contributed by atoms with Gasteiger partial charge in [-0.2, -0.15) is 5.10 Å². The number of nitrogens with zero attached hydrogens (tertiary/aromatic N) is 3. The van der Waals surface area contributed by atoms with Crippen LogP contribution in [0.15, 0.2) is 46.9 Å². The molecule has 1 aliphatic heterocycles. The third-order valence-electron chi connectivity index (χ3n) is 4.74. The molecule has 2 heterocycles. The third kappa shape index (κ3) is 5.46. The average molecular weight is 450 g/mol. The van der Waals surface area contributed by atoms with Crippen LogP contribution < -0.4 is 0 Å². The summed E-state index contributed by atoms with van der Waals surface area (Å²) in [6.07, 6.45) is 0.595. The quantitative estimate of drug-likeness (QED) is 0.589. The van der Waals surface area contributed by atoms with Crippen LogP contribution in [0.1, 0.15) is 22.9 Å². The van der Waals surface area contributed by atoms with E-state index in [1.165, 1.54) is 17.0 Å². The van der Waals surface area contributed by atoms with E-state index >= 15 is 0 Å². The SMILES string of the molecule is COCCN(CC(=O)N1N=C(c2cccs2)C[C@H]1c1ccc(Cl)cc1)C(=O)COC. The van der Waals surface area contributed by atoms with Gasteiger partial charge in [0, 0.05) is 32.2 Å². The van der Waals surface area contributed by atoms with Gasteiger partial charge in [-0.05, 0) is 29.1 Å². The van der Waals surface area contributed by atoms with Crippen molar-refractivity contribution >= 4 is 40.5 Å². The predicted molar refractivity (Wildman–Crippen MR) is 117 cm³/mol. The zero-order chi connectivity index (χ0) is 21.5. The van der Waals surface area contributed by atoms with E-state index in [4.69, 9.17) is 21.1 Å². The Balaban J connectivity index is 1.84. The van der Waals surface area contributed by atoms with E-state index in [-0.39, 0.29) is 31.0 Å². The predicted octanol–water partition coefficient (Wildman–Crippen LogP) is 3.20. The number of benzene rings is 1. The Morgan fingerprint density at radius 2 is 2.00 bits per heavy atom. The highest BCUT2D eigenvalue weighted by molar-refractivity contribution is 7.12. The first-order chi connectivity index (χ1) is 14.5. The lowest BCUT2D eigenvalue weighted by atomic mass is 10.0. The zero-order valence-electron chi connectivity index (χ0n) is 16.9. The largest absolute Gasteiger partial charge is 0.383 e. The summed E-state index contributed by atoms with van der Waals surface area (Å²) < 4.78 is 10.0. The molecule has 0 aliphatic carbocycles. The molecule has 3 rings (SSSR count). The molecule has 0 radical (unpaired) electrons. The van der Waals surface area contributed by atoms with Gasteiger partial charge < -0.3 is 14.4 Å². The summed E-state index contributed by atoms with van der Waals surface area (Å²) in [5, 5.41) is 8.72. The van der Waals surface area contributed by atoms with Crippen LogP contribution in [0.5, 0.6) is 0 Å². The second-order valence-corrected chi connectivity index (χ2v) is 8.16. The minimum absolute atomic E-state index is 0.0959. The molecule has 1 atom stereocenters. The number of hydrogen-bond donors (Lipinski definition) is 0. The van der Waals surface area contributed by atoms with Gasteiger partial charge in [0.15, 0.2) is 0 Å². The molecule has 9 heteroatoms. The minimum Gasteiger partial charge on any atom is -0.383 e. The molecular weight excluding hydrogens is 426 g/mol. The van der Waals surface area contributed by atoms with Crippen molar-refractivity contribution in [3.05, 3.63) is 57.2 Å². The molecule has 0 N–H and O–H groups in total. The minimum atomic E-state index is -0.271. The summed E-state index contributed by atoms with van der Waals surface area (Å²) in [5.41, 5.74) is 1.79. The molecule has 0 spiro atoms. The van der Waals surface area contributed by atoms with Crippen molar-refractivity contribution in [2.75, 3.05) is 40.5 Å². The Bertz CT molecular complexity index is 886. The second kappa shape index (κ2) is 10.7. The summed E-state index contributed by atoms with van der Waals surface area (Å²) in [5.74, 6) is -0.533. The molecule has 1 aromatic heterocycles. The maximum atomic E-state index is 13.2. The first-order valence-electron chi connectivity index (χ1n) is 9.48. The van der Waals surface area contributed by atoms with Gasteiger partial charge in [-0.1, -0.05) is 29.8 Å². The summed E-state index contributed by atoms with van der Waals surface area (Å²) >= 11 is 7.62. The van der Waals surface area contributed by atoms with Crippen molar-refractivity contribution in [3.63, 3.8) is 0 Å². The number of methoxy groups -OCH3 is 2. The third-order valence-corrected chi connectivity index (χ3v) is 5.91. The number of carbonyl (C=O) groups is 2. The van der Waals surface area contributed by atoms with E-state index in [1.807, 2.05) is 29.6 Å². The molecule has 0 saturated carbocycles. The van der Waals surface area contributed by atoms with Crippen LogP contribution in [0.2, 0.25) is 5.02 Å². The molecule has 7 nitrogen and oxygen atoms in total. The van der Waals surface area contributed by atoms with Gasteiger partial charge in [0.2, 0.25) is 5.91 Å². The smallest absolute Gasteiger partial charge is 0.262 e. The molecule has 160 valence electrons. The molecule has 2 amide bonds. The molecule has 2 aromatic rings. The molecular formula is C21H24ClN3O4S. The fourth-order valence-corrected chi connectivity index (χ4v) is 4.07. The van der Waals surface area contributed by atoms with Gasteiger partial charge in [0.05, 0.1) is 23.2 Å². The Morgan fingerprint density at radius 3 is 2.63 bits per heavy atom. The second-order valence-electron chi connectivity index (χ2n) is 6.77. The number of halogens is 1. The Labute approximate surface area is 184 Å². The Kier molecular flexibility index (Phi) is 7.98. The normalized spacial score (nSPS) is 15.9. The van der Waals surface area contributed by atoms with Gasteiger partial charge in [-0.15, -0.1) is 11.3 Å². The van der Waals surface area contributed by atoms with E-state index in [2.05, 4.69) is 5.10 Å². The van der Waals surface area contributed by atoms with E-state index in [1.54, 1.807) is 30.6 Å². The molecule has 1 aromatic carbocycles. The summed E-state index contributed by atoms with van der Waals surface area (Å²) in [6.45, 7) is 0.427. The number of hydrazone groups is 1. The van der Waals surface area contributed by atoms with Crippen molar-refractivity contribution in [3.8, 4) is 0 Å². The first kappa shape index (κ1) is 22.4. The van der Waals surface area contributed by atoms with Crippen molar-refractivity contribution < 1.29 is 19.1 Å². The number of thiophene rings is 1. The van der Waals surface area contributed by atoms with Crippen LogP contribution in [0.4, 0.5) is 0 Å². The molecule has 0 unspecified atom stereocenters. The fraction of sp³-hybridized carbons (Fsp3) is 0.381. The number of carbonyl (C=O) groups excluding carboxylic acids is 2. The highest BCUT2D eigenvalue weighted by Gasteiger charge is 2.34. The summed E-state index contributed by atoms with van der Waals surface area (Å²) in [6, 6.07) is 11.1. The maximum Gasteiger partial charge on any atom is 0.262 e. The van der Waals surface area contributed by atoms with Crippen molar-refractivity contribution in [1.29, 1.82) is 0 Å². The van der Waals surface area contributed by atoms with Crippen molar-refractivity contribution in [2.24, 2.45) is 5.10 Å². The summed E-state index contributed by atoms with van der Waals surface area (Å²) in [7, 11) is 3.00. The molecule has 30 heavy (non-hydrogen) atoms. The van der Waals surface area contributed by atoms with Crippen LogP contribution in [-0.4, -0.2) is 68.0 Å². The molecule has 0 fully saturated rings. The van der Waals surface area contributed by atoms with Crippen LogP contribution in [0, 0.1) is 0 Å². The van der Waals surface area contributed by atoms with Gasteiger partial charge in [-0.3, -0.25) is 9.59 Å². The molecule has 0 saturated heterocycles. The van der Waals surface area contributed by atoms with E-state index < -0.39 is 0 Å². The highest BCUT2D eigenvalue weighted by Crippen LogP contribution is 2.34. The van der Waals surface area contributed by atoms with E-state index in [0.29, 0.717) is 24.6 Å². The van der Waals surface area contributed by atoms with Gasteiger partial charge in [0.1, 0.15) is 13.2 Å². The maximum absolute atomic E-state index is 13.2. The van der Waals surface area contributed by atoms with Crippen LogP contribution in [0.3, 0.4) is 0 Å². The van der Waals surface area contributed by atoms with Gasteiger partial charge in [0.25, 0.3) is 5.91 Å². The van der Waals surface area contributed by atoms with E-state index in [0.717, 1.165) is 16.2 Å². The monoisotopic (exact) mass is 449 g/mol. The van der Waals surface area contributed by atoms with Crippen LogP contribution >= 0.6 is 22.9 Å². The fourth-order valence-electron chi connectivity index (χ4n) is 3.22. The number of amides is 2. The lowest BCUT2D eigenvalue weighted by molar-refractivity contribution is -0.144. The zero-order valence-corrected chi connectivity index (χ0v) is 18.5. The van der Waals surface area contributed by atoms with E-state index in [9.17, 15) is 9.59 Å². The first-order valence-corrected chi connectivity index (χ1v) is 10.7. The van der Waals surface area contributed by atoms with Gasteiger partial charge in [-0.25, -0.2) is 5.01 Å². The number of ether oxygens (including phenoxy) is 2. The molecule has 1 aliphatic rings. The van der Waals surface area contributed by atoms with Crippen LogP contribution in [0.25, 0.3) is 0 Å². The highest BCUT2D eigenvalue weighted by atomic mass is 35.5. The number of hydrogen-bond acceptors (Lipinski definition) is 6. The standard InChI is InChI=1S/C21H24ClN3O4S/c1-28-10-9-24(21(27)14-29-2)13-20(26)25-18(15-5-7-16(22)8-6-15)12-17(23-25)19-4-3-11-30-19/h3-8,11,18H,9-10,12-14H2,1-2H3/t18-/m0/s1. The Morgan fingerprint density at radius 1 is 1.23 bits per heavy atom. The van der Waals surface area contributed by atoms with Crippen LogP contribution in [-0.2, 0) is 19.1 Å². The van der Waals surface area contributed by atoms with Crippen molar-refractivity contribution in [2.45, 2.75) is 12.5 Å². The lowest BCUT2D eigenvalue weighted by Gasteiger charge is -2.26. The number of rotatable bonds is 9. The lowest BCUT2D eigenvalue weighted by Crippen LogP contribution is -2.44. The van der Waals surface area contributed by atoms with Crippen molar-refractivity contribution in [1.82, 2.24) is 9.91 Å². The molecule has 0 bridgehead atoms.